The van der Waals surface area contributed by atoms with Gasteiger partial charge < -0.3 is 19.7 Å². The maximum atomic E-state index is 12.9. The van der Waals surface area contributed by atoms with Crippen molar-refractivity contribution in [2.24, 2.45) is 0 Å². The average Bonchev–Trinajstić information content (AvgIpc) is 2.67. The number of carbonyl (C=O) groups excluding carboxylic acids is 1. The second-order valence-electron chi connectivity index (χ2n) is 6.79. The Morgan fingerprint density at radius 1 is 1.19 bits per heavy atom. The number of ether oxygens (including phenoxy) is 2. The van der Waals surface area contributed by atoms with E-state index in [0.717, 1.165) is 82.0 Å². The zero-order valence-corrected chi connectivity index (χ0v) is 16.7. The van der Waals surface area contributed by atoms with Gasteiger partial charge in [0.05, 0.1) is 13.2 Å². The molecule has 1 aromatic rings. The molecule has 0 aliphatic carbocycles. The molecule has 0 aromatic heterocycles. The Morgan fingerprint density at radius 2 is 1.92 bits per heavy atom. The summed E-state index contributed by atoms with van der Waals surface area (Å²) in [6.45, 7) is 6.84. The fourth-order valence-corrected chi connectivity index (χ4v) is 3.90. The molecule has 0 atom stereocenters. The smallest absolute Gasteiger partial charge is 0.322 e. The minimum absolute atomic E-state index is 0.0167. The van der Waals surface area contributed by atoms with Gasteiger partial charge in [-0.15, -0.1) is 0 Å². The zero-order valence-electron chi connectivity index (χ0n) is 15.2. The number of rotatable bonds is 6. The first kappa shape index (κ1) is 19.6. The van der Waals surface area contributed by atoms with Crippen molar-refractivity contribution in [3.63, 3.8) is 0 Å². The summed E-state index contributed by atoms with van der Waals surface area (Å²) in [4.78, 5) is 17.3. The van der Waals surface area contributed by atoms with Crippen LogP contribution in [-0.2, 0) is 9.47 Å². The number of nitrogens with zero attached hydrogens (tertiary/aromatic N) is 2. The van der Waals surface area contributed by atoms with Crippen LogP contribution in [-0.4, -0.2) is 74.5 Å². The number of nitrogens with one attached hydrogen (secondary N) is 1. The maximum Gasteiger partial charge on any atom is 0.322 e. The molecular weight excluding hydrogens is 398 g/mol. The van der Waals surface area contributed by atoms with E-state index in [0.29, 0.717) is 0 Å². The summed E-state index contributed by atoms with van der Waals surface area (Å²) in [5.74, 6) is 0. The molecule has 7 heteroatoms. The number of halogens is 1. The molecule has 0 saturated carbocycles. The van der Waals surface area contributed by atoms with E-state index in [1.807, 2.05) is 29.2 Å². The van der Waals surface area contributed by atoms with Gasteiger partial charge in [0.25, 0.3) is 0 Å². The maximum absolute atomic E-state index is 12.9. The van der Waals surface area contributed by atoms with Crippen molar-refractivity contribution in [2.45, 2.75) is 25.3 Å². The van der Waals surface area contributed by atoms with Crippen molar-refractivity contribution in [3.05, 3.63) is 28.7 Å². The van der Waals surface area contributed by atoms with Crippen molar-refractivity contribution >= 4 is 27.6 Å². The Kier molecular flexibility index (Phi) is 7.73. The molecule has 144 valence electrons. The number of benzene rings is 1. The molecule has 0 spiro atoms. The van der Waals surface area contributed by atoms with Gasteiger partial charge in [0.2, 0.25) is 0 Å². The molecule has 2 saturated heterocycles. The van der Waals surface area contributed by atoms with Gasteiger partial charge in [0.15, 0.2) is 0 Å². The molecule has 3 rings (SSSR count). The van der Waals surface area contributed by atoms with Crippen molar-refractivity contribution in [1.82, 2.24) is 9.80 Å². The second-order valence-corrected chi connectivity index (χ2v) is 7.70. The lowest BCUT2D eigenvalue weighted by Crippen LogP contribution is -2.47. The fourth-order valence-electron chi connectivity index (χ4n) is 3.50. The van der Waals surface area contributed by atoms with E-state index >= 15 is 0 Å². The lowest BCUT2D eigenvalue weighted by molar-refractivity contribution is 0.0316. The standard InChI is InChI=1S/C19H28BrN3O3/c20-16-3-1-4-17(15-16)21-19(24)23(18-5-11-25-12-6-18)8-2-7-22-9-13-26-14-10-22/h1,3-4,15,18H,2,5-14H2,(H,21,24). The van der Waals surface area contributed by atoms with Crippen LogP contribution in [0.3, 0.4) is 0 Å². The minimum atomic E-state index is -0.0167. The fraction of sp³-hybridized carbons (Fsp3) is 0.632. The third-order valence-electron chi connectivity index (χ3n) is 4.95. The Labute approximate surface area is 163 Å². The lowest BCUT2D eigenvalue weighted by Gasteiger charge is -2.35. The van der Waals surface area contributed by atoms with E-state index in [4.69, 9.17) is 9.47 Å². The molecule has 2 aliphatic rings. The highest BCUT2D eigenvalue weighted by Crippen LogP contribution is 2.19. The van der Waals surface area contributed by atoms with Gasteiger partial charge in [-0.05, 0) is 37.5 Å². The summed E-state index contributed by atoms with van der Waals surface area (Å²) in [5, 5.41) is 3.05. The summed E-state index contributed by atoms with van der Waals surface area (Å²) in [7, 11) is 0. The highest BCUT2D eigenvalue weighted by molar-refractivity contribution is 9.10. The number of urea groups is 1. The molecule has 2 heterocycles. The molecule has 6 nitrogen and oxygen atoms in total. The van der Waals surface area contributed by atoms with Crippen LogP contribution in [0.4, 0.5) is 10.5 Å². The van der Waals surface area contributed by atoms with Crippen molar-refractivity contribution < 1.29 is 14.3 Å². The van der Waals surface area contributed by atoms with Gasteiger partial charge in [-0.3, -0.25) is 4.90 Å². The monoisotopic (exact) mass is 425 g/mol. The van der Waals surface area contributed by atoms with Crippen LogP contribution in [0.5, 0.6) is 0 Å². The molecule has 2 aliphatic heterocycles. The van der Waals surface area contributed by atoms with Crippen molar-refractivity contribution in [1.29, 1.82) is 0 Å². The summed E-state index contributed by atoms with van der Waals surface area (Å²) in [6, 6.07) is 7.95. The predicted octanol–water partition coefficient (Wildman–Crippen LogP) is 3.18. The molecule has 1 aromatic carbocycles. The van der Waals surface area contributed by atoms with Gasteiger partial charge in [-0.1, -0.05) is 22.0 Å². The Balaban J connectivity index is 1.57. The Hall–Kier alpha value is -1.15. The lowest BCUT2D eigenvalue weighted by atomic mass is 10.1. The van der Waals surface area contributed by atoms with Crippen LogP contribution >= 0.6 is 15.9 Å². The molecule has 0 bridgehead atoms. The quantitative estimate of drug-likeness (QED) is 0.760. The van der Waals surface area contributed by atoms with E-state index in [9.17, 15) is 4.79 Å². The number of anilines is 1. The van der Waals surface area contributed by atoms with Crippen LogP contribution in [0.1, 0.15) is 19.3 Å². The van der Waals surface area contributed by atoms with E-state index in [2.05, 4.69) is 26.1 Å². The van der Waals surface area contributed by atoms with Crippen LogP contribution in [0.15, 0.2) is 28.7 Å². The van der Waals surface area contributed by atoms with Gasteiger partial charge in [-0.2, -0.15) is 0 Å². The van der Waals surface area contributed by atoms with Crippen LogP contribution in [0.2, 0.25) is 0 Å². The van der Waals surface area contributed by atoms with Crippen LogP contribution < -0.4 is 5.32 Å². The van der Waals surface area contributed by atoms with Crippen molar-refractivity contribution in [2.75, 3.05) is 57.9 Å². The number of carbonyl (C=O) groups is 1. The topological polar surface area (TPSA) is 54.0 Å². The molecule has 26 heavy (non-hydrogen) atoms. The minimum Gasteiger partial charge on any atom is -0.381 e. The van der Waals surface area contributed by atoms with E-state index < -0.39 is 0 Å². The third kappa shape index (κ3) is 5.94. The number of morpholine rings is 1. The van der Waals surface area contributed by atoms with Crippen molar-refractivity contribution in [3.8, 4) is 0 Å². The van der Waals surface area contributed by atoms with Gasteiger partial charge in [-0.25, -0.2) is 4.79 Å². The summed E-state index contributed by atoms with van der Waals surface area (Å²) < 4.78 is 11.8. The highest BCUT2D eigenvalue weighted by Gasteiger charge is 2.26. The Bertz CT molecular complexity index is 575. The summed E-state index contributed by atoms with van der Waals surface area (Å²) >= 11 is 3.45. The number of hydrogen-bond donors (Lipinski definition) is 1. The molecule has 2 amide bonds. The number of hydrogen-bond acceptors (Lipinski definition) is 4. The third-order valence-corrected chi connectivity index (χ3v) is 5.44. The second kappa shape index (κ2) is 10.3. The molecule has 2 fully saturated rings. The summed E-state index contributed by atoms with van der Waals surface area (Å²) in [5.41, 5.74) is 0.814. The highest BCUT2D eigenvalue weighted by atomic mass is 79.9. The molecule has 0 unspecified atom stereocenters. The summed E-state index contributed by atoms with van der Waals surface area (Å²) in [6.07, 6.45) is 2.79. The van der Waals surface area contributed by atoms with Crippen LogP contribution in [0, 0.1) is 0 Å². The van der Waals surface area contributed by atoms with E-state index in [1.165, 1.54) is 0 Å². The normalized spacial score (nSPS) is 19.3. The first-order valence-corrected chi connectivity index (χ1v) is 10.2. The average molecular weight is 426 g/mol. The zero-order chi connectivity index (χ0) is 18.2. The van der Waals surface area contributed by atoms with E-state index in [-0.39, 0.29) is 12.1 Å². The SMILES string of the molecule is O=C(Nc1cccc(Br)c1)N(CCCN1CCOCC1)C1CCOCC1. The molecular formula is C19H28BrN3O3. The molecule has 1 N–H and O–H groups in total. The predicted molar refractivity (Wildman–Crippen MR) is 106 cm³/mol. The number of amides is 2. The Morgan fingerprint density at radius 3 is 2.65 bits per heavy atom. The van der Waals surface area contributed by atoms with Gasteiger partial charge in [0, 0.05) is 55.6 Å². The van der Waals surface area contributed by atoms with Gasteiger partial charge in [0.1, 0.15) is 0 Å². The largest absolute Gasteiger partial charge is 0.381 e. The van der Waals surface area contributed by atoms with Gasteiger partial charge >= 0.3 is 6.03 Å². The first-order chi connectivity index (χ1) is 12.7. The molecule has 0 radical (unpaired) electrons. The van der Waals surface area contributed by atoms with Crippen LogP contribution in [0.25, 0.3) is 0 Å². The van der Waals surface area contributed by atoms with E-state index in [1.54, 1.807) is 0 Å². The first-order valence-electron chi connectivity index (χ1n) is 9.43.